The number of hydrogen-bond donors (Lipinski definition) is 2. The Morgan fingerprint density at radius 2 is 1.50 bits per heavy atom. The lowest BCUT2D eigenvalue weighted by Gasteiger charge is -2.34. The molecule has 6 heteroatoms. The van der Waals surface area contributed by atoms with Gasteiger partial charge in [-0.3, -0.25) is 4.79 Å². The summed E-state index contributed by atoms with van der Waals surface area (Å²) in [5, 5.41) is 19.4. The Hall–Kier alpha value is -2.73. The second kappa shape index (κ2) is 7.66. The first-order valence-electron chi connectivity index (χ1n) is 8.52. The third-order valence-electron chi connectivity index (χ3n) is 4.86. The van der Waals surface area contributed by atoms with Crippen molar-refractivity contribution in [2.24, 2.45) is 5.92 Å². The highest BCUT2D eigenvalue weighted by molar-refractivity contribution is 5.95. The number of amides is 1. The number of benzene rings is 2. The Morgan fingerprint density at radius 3 is 2.04 bits per heavy atom. The standard InChI is InChI=1S/C20H20FNO4/c21-17-7-5-13(6-8-17)18(23)14-9-11-22(12-10-14)19(24)15-1-3-16(4-2-15)20(25)26/h1-8,14,18,23H,9-12H2,(H,25,26)/t18-/m1/s1. The average Bonchev–Trinajstić information content (AvgIpc) is 2.67. The molecular weight excluding hydrogens is 337 g/mol. The number of halogens is 1. The van der Waals surface area contributed by atoms with Gasteiger partial charge in [0, 0.05) is 18.7 Å². The van der Waals surface area contributed by atoms with E-state index in [0.717, 1.165) is 0 Å². The Kier molecular flexibility index (Phi) is 5.32. The van der Waals surface area contributed by atoms with Crippen molar-refractivity contribution in [3.8, 4) is 0 Å². The highest BCUT2D eigenvalue weighted by atomic mass is 19.1. The van der Waals surface area contributed by atoms with Crippen LogP contribution < -0.4 is 0 Å². The molecule has 3 rings (SSSR count). The number of aromatic carboxylic acids is 1. The topological polar surface area (TPSA) is 77.8 Å². The molecule has 0 radical (unpaired) electrons. The molecule has 0 aliphatic carbocycles. The van der Waals surface area contributed by atoms with Crippen molar-refractivity contribution in [3.63, 3.8) is 0 Å². The Labute approximate surface area is 150 Å². The minimum atomic E-state index is -1.03. The first-order chi connectivity index (χ1) is 12.5. The summed E-state index contributed by atoms with van der Waals surface area (Å²) in [5.74, 6) is -1.49. The molecule has 5 nitrogen and oxygen atoms in total. The zero-order valence-corrected chi connectivity index (χ0v) is 14.1. The van der Waals surface area contributed by atoms with Crippen molar-refractivity contribution in [2.75, 3.05) is 13.1 Å². The maximum atomic E-state index is 13.0. The van der Waals surface area contributed by atoms with Gasteiger partial charge in [-0.2, -0.15) is 0 Å². The van der Waals surface area contributed by atoms with Crippen LogP contribution in [0.4, 0.5) is 4.39 Å². The molecule has 1 aliphatic rings. The summed E-state index contributed by atoms with van der Waals surface area (Å²) in [5.41, 5.74) is 1.27. The number of nitrogens with zero attached hydrogens (tertiary/aromatic N) is 1. The van der Waals surface area contributed by atoms with Gasteiger partial charge in [0.25, 0.3) is 5.91 Å². The summed E-state index contributed by atoms with van der Waals surface area (Å²) in [6, 6.07) is 11.7. The molecule has 1 amide bonds. The average molecular weight is 357 g/mol. The molecule has 0 spiro atoms. The highest BCUT2D eigenvalue weighted by Crippen LogP contribution is 2.31. The van der Waals surface area contributed by atoms with Gasteiger partial charge in [0.15, 0.2) is 0 Å². The van der Waals surface area contributed by atoms with Gasteiger partial charge in [-0.1, -0.05) is 12.1 Å². The number of aliphatic hydroxyl groups is 1. The Bertz CT molecular complexity index is 780. The van der Waals surface area contributed by atoms with Crippen LogP contribution in [0.25, 0.3) is 0 Å². The monoisotopic (exact) mass is 357 g/mol. The molecule has 2 aromatic rings. The largest absolute Gasteiger partial charge is 0.478 e. The van der Waals surface area contributed by atoms with Gasteiger partial charge in [0.2, 0.25) is 0 Å². The third-order valence-corrected chi connectivity index (χ3v) is 4.86. The summed E-state index contributed by atoms with van der Waals surface area (Å²) < 4.78 is 13.0. The van der Waals surface area contributed by atoms with E-state index in [9.17, 15) is 19.1 Å². The van der Waals surface area contributed by atoms with Gasteiger partial charge in [0.1, 0.15) is 5.82 Å². The maximum absolute atomic E-state index is 13.0. The maximum Gasteiger partial charge on any atom is 0.335 e. The number of piperidine rings is 1. The van der Waals surface area contributed by atoms with Crippen molar-refractivity contribution < 1.29 is 24.2 Å². The highest BCUT2D eigenvalue weighted by Gasteiger charge is 2.28. The fourth-order valence-corrected chi connectivity index (χ4v) is 3.29. The zero-order chi connectivity index (χ0) is 18.7. The molecule has 2 N–H and O–H groups in total. The Balaban J connectivity index is 1.59. The number of aliphatic hydroxyl groups excluding tert-OH is 1. The second-order valence-corrected chi connectivity index (χ2v) is 6.51. The molecule has 0 aromatic heterocycles. The number of likely N-dealkylation sites (tertiary alicyclic amines) is 1. The molecule has 136 valence electrons. The summed E-state index contributed by atoms with van der Waals surface area (Å²) in [4.78, 5) is 25.1. The molecule has 0 bridgehead atoms. The van der Waals surface area contributed by atoms with E-state index < -0.39 is 12.1 Å². The molecule has 2 aromatic carbocycles. The first kappa shape index (κ1) is 18.1. The molecule has 1 saturated heterocycles. The van der Waals surface area contributed by atoms with E-state index in [4.69, 9.17) is 5.11 Å². The first-order valence-corrected chi connectivity index (χ1v) is 8.52. The lowest BCUT2D eigenvalue weighted by molar-refractivity contribution is 0.0462. The molecule has 0 saturated carbocycles. The SMILES string of the molecule is O=C(O)c1ccc(C(=O)N2CCC([C@H](O)c3ccc(F)cc3)CC2)cc1. The lowest BCUT2D eigenvalue weighted by atomic mass is 9.87. The van der Waals surface area contributed by atoms with E-state index in [2.05, 4.69) is 0 Å². The minimum Gasteiger partial charge on any atom is -0.478 e. The van der Waals surface area contributed by atoms with E-state index in [1.807, 2.05) is 0 Å². The summed E-state index contributed by atoms with van der Waals surface area (Å²) in [6.07, 6.45) is 0.623. The van der Waals surface area contributed by atoms with E-state index in [0.29, 0.717) is 37.1 Å². The number of carbonyl (C=O) groups excluding carboxylic acids is 1. The predicted octanol–water partition coefficient (Wildman–Crippen LogP) is 3.11. The van der Waals surface area contributed by atoms with Gasteiger partial charge in [-0.05, 0) is 60.7 Å². The summed E-state index contributed by atoms with van der Waals surface area (Å²) in [6.45, 7) is 1.03. The molecule has 26 heavy (non-hydrogen) atoms. The number of rotatable bonds is 4. The van der Waals surface area contributed by atoms with Gasteiger partial charge < -0.3 is 15.1 Å². The fourth-order valence-electron chi connectivity index (χ4n) is 3.29. The Morgan fingerprint density at radius 1 is 0.962 bits per heavy atom. The van der Waals surface area contributed by atoms with Crippen molar-refractivity contribution in [1.82, 2.24) is 4.90 Å². The number of carboxylic acid groups (broad SMARTS) is 1. The van der Waals surface area contributed by atoms with Gasteiger partial charge in [0.05, 0.1) is 11.7 Å². The number of carboxylic acids is 1. The van der Waals surface area contributed by atoms with Crippen LogP contribution in [-0.4, -0.2) is 40.1 Å². The van der Waals surface area contributed by atoms with Crippen LogP contribution in [0.1, 0.15) is 45.2 Å². The summed E-state index contributed by atoms with van der Waals surface area (Å²) in [7, 11) is 0. The van der Waals surface area contributed by atoms with Gasteiger partial charge in [-0.25, -0.2) is 9.18 Å². The molecule has 1 aliphatic heterocycles. The fraction of sp³-hybridized carbons (Fsp3) is 0.300. The predicted molar refractivity (Wildman–Crippen MR) is 93.4 cm³/mol. The van der Waals surface area contributed by atoms with Crippen LogP contribution in [0.15, 0.2) is 48.5 Å². The van der Waals surface area contributed by atoms with Crippen LogP contribution in [0.5, 0.6) is 0 Å². The van der Waals surface area contributed by atoms with E-state index >= 15 is 0 Å². The lowest BCUT2D eigenvalue weighted by Crippen LogP contribution is -2.39. The van der Waals surface area contributed by atoms with E-state index in [1.54, 1.807) is 17.0 Å². The van der Waals surface area contributed by atoms with Gasteiger partial charge >= 0.3 is 5.97 Å². The van der Waals surface area contributed by atoms with E-state index in [-0.39, 0.29) is 23.2 Å². The molecule has 1 atom stereocenters. The normalized spacial score (nSPS) is 16.3. The van der Waals surface area contributed by atoms with E-state index in [1.165, 1.54) is 36.4 Å². The molecule has 1 fully saturated rings. The van der Waals surface area contributed by atoms with Crippen LogP contribution in [0.2, 0.25) is 0 Å². The minimum absolute atomic E-state index is 0.0129. The second-order valence-electron chi connectivity index (χ2n) is 6.51. The van der Waals surface area contributed by atoms with Crippen molar-refractivity contribution in [2.45, 2.75) is 18.9 Å². The third kappa shape index (κ3) is 3.91. The smallest absolute Gasteiger partial charge is 0.335 e. The van der Waals surface area contributed by atoms with Crippen molar-refractivity contribution >= 4 is 11.9 Å². The van der Waals surface area contributed by atoms with Crippen LogP contribution in [0.3, 0.4) is 0 Å². The van der Waals surface area contributed by atoms with Crippen molar-refractivity contribution in [1.29, 1.82) is 0 Å². The number of carbonyl (C=O) groups is 2. The molecule has 1 heterocycles. The van der Waals surface area contributed by atoms with Gasteiger partial charge in [-0.15, -0.1) is 0 Å². The zero-order valence-electron chi connectivity index (χ0n) is 14.1. The summed E-state index contributed by atoms with van der Waals surface area (Å²) >= 11 is 0. The van der Waals surface area contributed by atoms with Crippen LogP contribution in [-0.2, 0) is 0 Å². The van der Waals surface area contributed by atoms with Crippen LogP contribution >= 0.6 is 0 Å². The van der Waals surface area contributed by atoms with Crippen LogP contribution in [0, 0.1) is 11.7 Å². The molecule has 0 unspecified atom stereocenters. The molecular formula is C20H20FNO4. The quantitative estimate of drug-likeness (QED) is 0.881. The number of hydrogen-bond acceptors (Lipinski definition) is 3. The van der Waals surface area contributed by atoms with Crippen molar-refractivity contribution in [3.05, 3.63) is 71.0 Å².